The van der Waals surface area contributed by atoms with Crippen LogP contribution in [-0.4, -0.2) is 80.7 Å². The third-order valence-electron chi connectivity index (χ3n) is 5.16. The second-order valence-electron chi connectivity index (χ2n) is 16.3. The molecule has 0 heterocycles. The van der Waals surface area contributed by atoms with Gasteiger partial charge in [-0.25, -0.2) is 0 Å². The van der Waals surface area contributed by atoms with E-state index in [0.29, 0.717) is 0 Å². The van der Waals surface area contributed by atoms with Gasteiger partial charge < -0.3 is 29.4 Å². The fourth-order valence-corrected chi connectivity index (χ4v) is 41.3. The van der Waals surface area contributed by atoms with Gasteiger partial charge in [-0.05, 0) is 149 Å². The van der Waals surface area contributed by atoms with Crippen molar-refractivity contribution >= 4 is 67.5 Å². The van der Waals surface area contributed by atoms with Crippen LogP contribution in [0.5, 0.6) is 0 Å². The largest absolute Gasteiger partial charge is 0.437 e. The van der Waals surface area contributed by atoms with Crippen LogP contribution >= 0.6 is 0 Å². The molecule has 15 heteroatoms. The summed E-state index contributed by atoms with van der Waals surface area (Å²) in [6.45, 7) is 41.6. The monoisotopic (exact) mass is 704 g/mol. The molecule has 0 radical (unpaired) electrons. The molecular formula is C25H68O7Si8. The SMILES string of the molecule is C[Si](C)(C)O[Si](C)(C)O[Si](C)(CCCCOCCC[Si](C)(O[Si](C)(C)C)O[Si](C)(C)O[Si](C)(C)C)O[Si](C)(C)C. The zero-order valence-corrected chi connectivity index (χ0v) is 37.8. The Morgan fingerprint density at radius 2 is 0.625 bits per heavy atom. The van der Waals surface area contributed by atoms with Crippen molar-refractivity contribution in [2.45, 2.75) is 149 Å². The highest BCUT2D eigenvalue weighted by Crippen LogP contribution is 2.29. The van der Waals surface area contributed by atoms with Gasteiger partial charge in [-0.15, -0.1) is 0 Å². The Labute approximate surface area is 258 Å². The van der Waals surface area contributed by atoms with E-state index < -0.39 is 67.5 Å². The molecule has 0 spiro atoms. The summed E-state index contributed by atoms with van der Waals surface area (Å²) in [6, 6.07) is 1.91. The molecule has 0 fully saturated rings. The van der Waals surface area contributed by atoms with Gasteiger partial charge in [0.15, 0.2) is 33.3 Å². The Kier molecular flexibility index (Phi) is 16.2. The second kappa shape index (κ2) is 15.6. The predicted octanol–water partition coefficient (Wildman–Crippen LogP) is 9.16. The van der Waals surface area contributed by atoms with Gasteiger partial charge in [0.1, 0.15) is 0 Å². The molecule has 0 aromatic heterocycles. The van der Waals surface area contributed by atoms with Gasteiger partial charge >= 0.3 is 34.2 Å². The molecule has 0 saturated heterocycles. The van der Waals surface area contributed by atoms with E-state index >= 15 is 0 Å². The van der Waals surface area contributed by atoms with Crippen LogP contribution in [0.15, 0.2) is 0 Å². The van der Waals surface area contributed by atoms with Crippen LogP contribution in [0.2, 0.25) is 130 Å². The van der Waals surface area contributed by atoms with E-state index in [1.165, 1.54) is 0 Å². The molecule has 0 aliphatic rings. The van der Waals surface area contributed by atoms with Crippen molar-refractivity contribution in [3.63, 3.8) is 0 Å². The first-order valence-electron chi connectivity index (χ1n) is 15.2. The summed E-state index contributed by atoms with van der Waals surface area (Å²) >= 11 is 0. The summed E-state index contributed by atoms with van der Waals surface area (Å²) in [7, 11) is -16.1. The average molecular weight is 706 g/mol. The minimum absolute atomic E-state index is 0.735. The summed E-state index contributed by atoms with van der Waals surface area (Å²) in [5.41, 5.74) is 0. The van der Waals surface area contributed by atoms with Gasteiger partial charge in [0.05, 0.1) is 0 Å². The number of unbranched alkanes of at least 4 members (excludes halogenated alkanes) is 1. The highest BCUT2D eigenvalue weighted by molar-refractivity contribution is 6.90. The number of ether oxygens (including phenoxy) is 1. The predicted molar refractivity (Wildman–Crippen MR) is 192 cm³/mol. The topological polar surface area (TPSA) is 64.6 Å². The molecule has 2 unspecified atom stereocenters. The molecule has 0 bridgehead atoms. The third kappa shape index (κ3) is 22.9. The van der Waals surface area contributed by atoms with E-state index in [-0.39, 0.29) is 0 Å². The highest BCUT2D eigenvalue weighted by Gasteiger charge is 2.45. The minimum Gasteiger partial charge on any atom is -0.437 e. The van der Waals surface area contributed by atoms with Gasteiger partial charge in [-0.3, -0.25) is 0 Å². The first-order chi connectivity index (χ1) is 17.4. The molecule has 0 aliphatic heterocycles. The lowest BCUT2D eigenvalue weighted by atomic mass is 10.3. The maximum atomic E-state index is 6.81. The molecule has 242 valence electrons. The number of hydrogen-bond acceptors (Lipinski definition) is 7. The molecule has 0 aromatic rings. The fraction of sp³-hybridized carbons (Fsp3) is 1.00. The van der Waals surface area contributed by atoms with Crippen molar-refractivity contribution < 1.29 is 29.4 Å². The smallest absolute Gasteiger partial charge is 0.315 e. The molecule has 0 aromatic carbocycles. The zero-order valence-electron chi connectivity index (χ0n) is 29.8. The standard InChI is InChI=1S/C25H68O7Si8/c1-33(2,3)27-37(13,14)31-39(17,29-35(7,8)9)24-20-19-22-26-23-21-25-40(18,30-36(10,11)12)32-38(15,16)28-34(4,5)6/h19-25H2,1-18H3. The molecule has 0 amide bonds. The van der Waals surface area contributed by atoms with Crippen molar-refractivity contribution in [2.75, 3.05) is 13.2 Å². The maximum absolute atomic E-state index is 6.81. The van der Waals surface area contributed by atoms with Crippen LogP contribution in [0.4, 0.5) is 0 Å². The van der Waals surface area contributed by atoms with Crippen LogP contribution < -0.4 is 0 Å². The molecule has 0 rings (SSSR count). The average Bonchev–Trinajstić information content (AvgIpc) is 2.54. The molecule has 0 saturated carbocycles. The summed E-state index contributed by atoms with van der Waals surface area (Å²) in [4.78, 5) is 0. The summed E-state index contributed by atoms with van der Waals surface area (Å²) < 4.78 is 46.1. The maximum Gasteiger partial charge on any atom is 0.315 e. The van der Waals surface area contributed by atoms with E-state index in [0.717, 1.165) is 44.6 Å². The van der Waals surface area contributed by atoms with E-state index in [2.05, 4.69) is 118 Å². The van der Waals surface area contributed by atoms with Crippen molar-refractivity contribution in [1.29, 1.82) is 0 Å². The van der Waals surface area contributed by atoms with Gasteiger partial charge in [0, 0.05) is 13.2 Å². The summed E-state index contributed by atoms with van der Waals surface area (Å²) in [6.07, 6.45) is 3.01. The molecule has 2 atom stereocenters. The third-order valence-corrected chi connectivity index (χ3v) is 32.3. The van der Waals surface area contributed by atoms with E-state index in [1.54, 1.807) is 0 Å². The zero-order chi connectivity index (χ0) is 31.9. The fourth-order valence-electron chi connectivity index (χ4n) is 5.35. The van der Waals surface area contributed by atoms with Gasteiger partial charge in [-0.2, -0.15) is 0 Å². The molecule has 0 N–H and O–H groups in total. The van der Waals surface area contributed by atoms with Crippen LogP contribution in [-0.2, 0) is 29.4 Å². The summed E-state index contributed by atoms with van der Waals surface area (Å²) in [5, 5.41) is 0. The lowest BCUT2D eigenvalue weighted by Gasteiger charge is -2.41. The van der Waals surface area contributed by atoms with Crippen LogP contribution in [0.25, 0.3) is 0 Å². The Morgan fingerprint density at radius 1 is 0.325 bits per heavy atom. The Hall–Kier alpha value is 1.46. The molecule has 0 aliphatic carbocycles. The lowest BCUT2D eigenvalue weighted by Crippen LogP contribution is -2.56. The minimum atomic E-state index is -2.37. The second-order valence-corrected chi connectivity index (χ2v) is 49.2. The quantitative estimate of drug-likeness (QED) is 0.0872. The highest BCUT2D eigenvalue weighted by atomic mass is 28.5. The molecular weight excluding hydrogens is 637 g/mol. The lowest BCUT2D eigenvalue weighted by molar-refractivity contribution is 0.129. The van der Waals surface area contributed by atoms with Crippen LogP contribution in [0, 0.1) is 0 Å². The van der Waals surface area contributed by atoms with E-state index in [1.807, 2.05) is 0 Å². The first-order valence-corrected chi connectivity index (χ1v) is 39.5. The molecule has 7 nitrogen and oxygen atoms in total. The van der Waals surface area contributed by atoms with E-state index in [9.17, 15) is 0 Å². The summed E-state index contributed by atoms with van der Waals surface area (Å²) in [5.74, 6) is 0. The van der Waals surface area contributed by atoms with Gasteiger partial charge in [-0.1, -0.05) is 0 Å². The number of rotatable bonds is 21. The Balaban J connectivity index is 4.90. The molecule has 40 heavy (non-hydrogen) atoms. The van der Waals surface area contributed by atoms with Crippen molar-refractivity contribution in [3.05, 3.63) is 0 Å². The van der Waals surface area contributed by atoms with Gasteiger partial charge in [0.2, 0.25) is 0 Å². The van der Waals surface area contributed by atoms with Crippen molar-refractivity contribution in [1.82, 2.24) is 0 Å². The van der Waals surface area contributed by atoms with Crippen molar-refractivity contribution in [3.8, 4) is 0 Å². The number of hydrogen-bond donors (Lipinski definition) is 0. The first kappa shape index (κ1) is 41.5. The van der Waals surface area contributed by atoms with Gasteiger partial charge in [0.25, 0.3) is 0 Å². The Bertz CT molecular complexity index is 683. The van der Waals surface area contributed by atoms with Crippen LogP contribution in [0.3, 0.4) is 0 Å². The Morgan fingerprint density at radius 3 is 0.950 bits per heavy atom. The normalized spacial score (nSPS) is 17.6. The van der Waals surface area contributed by atoms with Crippen LogP contribution in [0.1, 0.15) is 19.3 Å². The van der Waals surface area contributed by atoms with Crippen molar-refractivity contribution in [2.24, 2.45) is 0 Å². The van der Waals surface area contributed by atoms with E-state index in [4.69, 9.17) is 29.4 Å².